The third kappa shape index (κ3) is 3.81. The predicted octanol–water partition coefficient (Wildman–Crippen LogP) is 3.64. The number of carbonyl (C=O) groups excluding carboxylic acids is 3. The Bertz CT molecular complexity index is 1420. The van der Waals surface area contributed by atoms with E-state index in [-0.39, 0.29) is 36.6 Å². The Hall–Kier alpha value is -4.12. The van der Waals surface area contributed by atoms with Crippen molar-refractivity contribution in [2.24, 2.45) is 5.92 Å². The number of H-pyrrole nitrogens is 1. The molecular formula is C28H29N5O3. The van der Waals surface area contributed by atoms with Crippen LogP contribution in [0, 0.1) is 24.2 Å². The fourth-order valence-electron chi connectivity index (χ4n) is 5.54. The van der Waals surface area contributed by atoms with Gasteiger partial charge in [0.1, 0.15) is 17.8 Å². The first-order chi connectivity index (χ1) is 17.2. The van der Waals surface area contributed by atoms with Crippen molar-refractivity contribution in [3.63, 3.8) is 0 Å². The maximum atomic E-state index is 13.8. The minimum Gasteiger partial charge on any atom is -0.351 e. The molecular weight excluding hydrogens is 454 g/mol. The molecule has 3 heterocycles. The minimum atomic E-state index is -0.965. The standard InChI is InChI=1S/C28H29N5O3/c1-16(2)11-24(31-25(34)23-12-19-17(3)7-6-10-21(19)30-23)26(35)33-15-28(13-18(33)14-29)20-8-4-5-9-22(20)32-27(28)36/h4-10,12,16,18,24,30H,11,13,15H2,1-3H3,(H,31,34)(H,32,36)/t18-,24+,28-/m0/s1. The van der Waals surface area contributed by atoms with Crippen LogP contribution in [0.15, 0.2) is 48.5 Å². The molecule has 2 aliphatic rings. The van der Waals surface area contributed by atoms with E-state index in [4.69, 9.17) is 0 Å². The van der Waals surface area contributed by atoms with Crippen molar-refractivity contribution in [1.29, 1.82) is 5.26 Å². The first-order valence-electron chi connectivity index (χ1n) is 12.2. The maximum Gasteiger partial charge on any atom is 0.268 e. The van der Waals surface area contributed by atoms with E-state index in [2.05, 4.69) is 21.7 Å². The number of nitriles is 1. The molecule has 0 aliphatic carbocycles. The first kappa shape index (κ1) is 23.6. The van der Waals surface area contributed by atoms with Crippen molar-refractivity contribution in [3.05, 3.63) is 65.4 Å². The number of aryl methyl sites for hydroxylation is 1. The molecule has 1 fully saturated rings. The van der Waals surface area contributed by atoms with E-state index < -0.39 is 17.5 Å². The summed E-state index contributed by atoms with van der Waals surface area (Å²) < 4.78 is 0. The molecule has 3 N–H and O–H groups in total. The van der Waals surface area contributed by atoms with Gasteiger partial charge in [-0.2, -0.15) is 5.26 Å². The van der Waals surface area contributed by atoms with Crippen LogP contribution in [0.5, 0.6) is 0 Å². The van der Waals surface area contributed by atoms with Gasteiger partial charge in [-0.15, -0.1) is 0 Å². The highest BCUT2D eigenvalue weighted by Gasteiger charge is 2.56. The minimum absolute atomic E-state index is 0.100. The van der Waals surface area contributed by atoms with Crippen LogP contribution in [0.2, 0.25) is 0 Å². The zero-order valence-corrected chi connectivity index (χ0v) is 20.6. The highest BCUT2D eigenvalue weighted by Crippen LogP contribution is 2.46. The van der Waals surface area contributed by atoms with Crippen LogP contribution in [-0.2, 0) is 15.0 Å². The zero-order valence-electron chi connectivity index (χ0n) is 20.6. The van der Waals surface area contributed by atoms with E-state index in [1.807, 2.05) is 63.2 Å². The molecule has 1 saturated heterocycles. The van der Waals surface area contributed by atoms with Gasteiger partial charge in [-0.05, 0) is 48.6 Å². The Morgan fingerprint density at radius 1 is 1.22 bits per heavy atom. The third-order valence-corrected chi connectivity index (χ3v) is 7.35. The molecule has 2 aliphatic heterocycles. The summed E-state index contributed by atoms with van der Waals surface area (Å²) in [5.74, 6) is -0.796. The Balaban J connectivity index is 1.42. The van der Waals surface area contributed by atoms with E-state index in [9.17, 15) is 19.6 Å². The number of hydrogen-bond donors (Lipinski definition) is 3. The van der Waals surface area contributed by atoms with Gasteiger partial charge >= 0.3 is 0 Å². The van der Waals surface area contributed by atoms with Crippen molar-refractivity contribution >= 4 is 34.3 Å². The van der Waals surface area contributed by atoms with E-state index in [0.29, 0.717) is 12.1 Å². The van der Waals surface area contributed by atoms with E-state index in [0.717, 1.165) is 27.7 Å². The van der Waals surface area contributed by atoms with Gasteiger partial charge in [0.05, 0.1) is 11.5 Å². The molecule has 1 spiro atoms. The maximum absolute atomic E-state index is 13.8. The van der Waals surface area contributed by atoms with Gasteiger partial charge in [-0.25, -0.2) is 0 Å². The van der Waals surface area contributed by atoms with Gasteiger partial charge in [0.15, 0.2) is 0 Å². The van der Waals surface area contributed by atoms with Crippen molar-refractivity contribution in [1.82, 2.24) is 15.2 Å². The van der Waals surface area contributed by atoms with Gasteiger partial charge in [0.2, 0.25) is 11.8 Å². The molecule has 3 amide bonds. The fourth-order valence-corrected chi connectivity index (χ4v) is 5.54. The second-order valence-corrected chi connectivity index (χ2v) is 10.3. The summed E-state index contributed by atoms with van der Waals surface area (Å²) in [7, 11) is 0. The molecule has 8 nitrogen and oxygen atoms in total. The van der Waals surface area contributed by atoms with Crippen molar-refractivity contribution in [3.8, 4) is 6.07 Å². The molecule has 8 heteroatoms. The highest BCUT2D eigenvalue weighted by molar-refractivity contribution is 6.07. The van der Waals surface area contributed by atoms with Gasteiger partial charge in [-0.1, -0.05) is 44.2 Å². The fraction of sp³-hybridized carbons (Fsp3) is 0.357. The Morgan fingerprint density at radius 2 is 2.00 bits per heavy atom. The number of carbonyl (C=O) groups is 3. The topological polar surface area (TPSA) is 118 Å². The van der Waals surface area contributed by atoms with Crippen LogP contribution < -0.4 is 10.6 Å². The highest BCUT2D eigenvalue weighted by atomic mass is 16.2. The number of nitrogens with one attached hydrogen (secondary N) is 3. The summed E-state index contributed by atoms with van der Waals surface area (Å²) in [5, 5.41) is 16.7. The number of aromatic nitrogens is 1. The number of hydrogen-bond acceptors (Lipinski definition) is 4. The number of likely N-dealkylation sites (tertiary alicyclic amines) is 1. The van der Waals surface area contributed by atoms with E-state index >= 15 is 0 Å². The number of aromatic amines is 1. The van der Waals surface area contributed by atoms with Crippen LogP contribution in [0.25, 0.3) is 10.9 Å². The van der Waals surface area contributed by atoms with Crippen molar-refractivity contribution < 1.29 is 14.4 Å². The Labute approximate surface area is 209 Å². The van der Waals surface area contributed by atoms with Crippen LogP contribution in [0.4, 0.5) is 5.69 Å². The van der Waals surface area contributed by atoms with Crippen LogP contribution in [-0.4, -0.2) is 46.2 Å². The molecule has 5 rings (SSSR count). The Kier molecular flexibility index (Phi) is 5.79. The lowest BCUT2D eigenvalue weighted by Crippen LogP contribution is -2.51. The van der Waals surface area contributed by atoms with Gasteiger partial charge < -0.3 is 20.5 Å². The number of para-hydroxylation sites is 1. The summed E-state index contributed by atoms with van der Waals surface area (Å²) in [6.45, 7) is 6.04. The lowest BCUT2D eigenvalue weighted by molar-refractivity contribution is -0.134. The second kappa shape index (κ2) is 8.83. The molecule has 0 radical (unpaired) electrons. The number of rotatable bonds is 5. The molecule has 184 valence electrons. The Morgan fingerprint density at radius 3 is 2.72 bits per heavy atom. The lowest BCUT2D eigenvalue weighted by atomic mass is 9.80. The third-order valence-electron chi connectivity index (χ3n) is 7.35. The first-order valence-corrected chi connectivity index (χ1v) is 12.2. The summed E-state index contributed by atoms with van der Waals surface area (Å²) in [4.78, 5) is 44.7. The molecule has 3 atom stereocenters. The van der Waals surface area contributed by atoms with Crippen molar-refractivity contribution in [2.75, 3.05) is 11.9 Å². The monoisotopic (exact) mass is 483 g/mol. The largest absolute Gasteiger partial charge is 0.351 e. The van der Waals surface area contributed by atoms with Crippen LogP contribution >= 0.6 is 0 Å². The summed E-state index contributed by atoms with van der Waals surface area (Å²) in [6, 6.07) is 15.6. The molecule has 2 aromatic carbocycles. The molecule has 36 heavy (non-hydrogen) atoms. The number of anilines is 1. The van der Waals surface area contributed by atoms with E-state index in [1.165, 1.54) is 4.90 Å². The molecule has 0 bridgehead atoms. The van der Waals surface area contributed by atoms with Gasteiger partial charge in [0.25, 0.3) is 5.91 Å². The van der Waals surface area contributed by atoms with E-state index in [1.54, 1.807) is 6.07 Å². The van der Waals surface area contributed by atoms with Crippen molar-refractivity contribution in [2.45, 2.75) is 51.1 Å². The van der Waals surface area contributed by atoms with Gasteiger partial charge in [0, 0.05) is 29.6 Å². The number of amides is 3. The zero-order chi connectivity index (χ0) is 25.6. The quantitative estimate of drug-likeness (QED) is 0.513. The average molecular weight is 484 g/mol. The molecule has 0 unspecified atom stereocenters. The van der Waals surface area contributed by atoms with Crippen LogP contribution in [0.3, 0.4) is 0 Å². The van der Waals surface area contributed by atoms with Gasteiger partial charge in [-0.3, -0.25) is 14.4 Å². The predicted molar refractivity (Wildman–Crippen MR) is 136 cm³/mol. The normalized spacial score (nSPS) is 21.5. The number of benzene rings is 2. The van der Waals surface area contributed by atoms with Crippen LogP contribution in [0.1, 0.15) is 48.3 Å². The number of nitrogens with zero attached hydrogens (tertiary/aromatic N) is 2. The summed E-state index contributed by atoms with van der Waals surface area (Å²) >= 11 is 0. The number of fused-ring (bicyclic) bond motifs is 3. The smallest absolute Gasteiger partial charge is 0.268 e. The molecule has 3 aromatic rings. The summed E-state index contributed by atoms with van der Waals surface area (Å²) in [5.41, 5.74) is 2.84. The molecule has 0 saturated carbocycles. The SMILES string of the molecule is Cc1cccc2[nH]c(C(=O)N[C@H](CC(C)C)C(=O)N3C[C@]4(C[C@H]3C#N)C(=O)Nc3ccccc34)cc12. The second-order valence-electron chi connectivity index (χ2n) is 10.3. The summed E-state index contributed by atoms with van der Waals surface area (Å²) in [6.07, 6.45) is 0.635. The average Bonchev–Trinajstić information content (AvgIpc) is 3.53. The molecule has 1 aromatic heterocycles. The lowest BCUT2D eigenvalue weighted by Gasteiger charge is -2.28.